The molecule has 0 atom stereocenters. The first-order valence-electron chi connectivity index (χ1n) is 14.0. The van der Waals surface area contributed by atoms with Crippen molar-refractivity contribution in [2.45, 2.75) is 26.7 Å². The van der Waals surface area contributed by atoms with Gasteiger partial charge in [-0.05, 0) is 90.7 Å². The standard InChI is InChI=1S/C36H32N2.C2H6/c1-3-14-31(4-2)37(32-15-8-5-9-16-32)35-25-21-29(22-26-35)30-23-27-36(28-24-30)38(33-17-10-6-11-18-33)34-19-12-7-13-20-34;1-2/h3-6,8-12,14-28H,1-2,7,13H2;1-2H3/b31-14+;. The lowest BCUT2D eigenvalue weighted by Gasteiger charge is -2.28. The minimum atomic E-state index is 0.968. The second-order valence-electron chi connectivity index (χ2n) is 9.08. The molecule has 5 rings (SSSR count). The molecule has 2 nitrogen and oxygen atoms in total. The highest BCUT2D eigenvalue weighted by Gasteiger charge is 2.15. The molecular formula is C38H38N2. The van der Waals surface area contributed by atoms with E-state index in [1.54, 1.807) is 6.08 Å². The van der Waals surface area contributed by atoms with E-state index in [2.05, 4.69) is 132 Å². The summed E-state index contributed by atoms with van der Waals surface area (Å²) in [7, 11) is 0. The molecule has 0 amide bonds. The monoisotopic (exact) mass is 522 g/mol. The van der Waals surface area contributed by atoms with Gasteiger partial charge in [-0.1, -0.05) is 106 Å². The van der Waals surface area contributed by atoms with Crippen molar-refractivity contribution in [1.29, 1.82) is 0 Å². The molecule has 0 spiro atoms. The summed E-state index contributed by atoms with van der Waals surface area (Å²) in [6.07, 6.45) is 14.6. The number of hydrogen-bond donors (Lipinski definition) is 0. The first-order chi connectivity index (χ1) is 19.8. The zero-order chi connectivity index (χ0) is 28.2. The van der Waals surface area contributed by atoms with Gasteiger partial charge in [-0.15, -0.1) is 0 Å². The van der Waals surface area contributed by atoms with E-state index >= 15 is 0 Å². The van der Waals surface area contributed by atoms with Gasteiger partial charge in [0.1, 0.15) is 0 Å². The SMILES string of the molecule is C=C/C=C(\C=C)N(c1ccccc1)c1ccc(-c2ccc(N(C3=CCCC=C3)c3ccccc3)cc2)cc1.CC. The molecule has 0 fully saturated rings. The third kappa shape index (κ3) is 6.59. The summed E-state index contributed by atoms with van der Waals surface area (Å²) >= 11 is 0. The molecule has 0 saturated carbocycles. The van der Waals surface area contributed by atoms with Gasteiger partial charge in [0.2, 0.25) is 0 Å². The molecule has 0 saturated heterocycles. The van der Waals surface area contributed by atoms with E-state index in [-0.39, 0.29) is 0 Å². The maximum Gasteiger partial charge on any atom is 0.0462 e. The van der Waals surface area contributed by atoms with Crippen molar-refractivity contribution >= 4 is 22.7 Å². The van der Waals surface area contributed by atoms with E-state index in [4.69, 9.17) is 0 Å². The minimum Gasteiger partial charge on any atom is -0.311 e. The number of hydrogen-bond acceptors (Lipinski definition) is 2. The fourth-order valence-electron chi connectivity index (χ4n) is 4.77. The van der Waals surface area contributed by atoms with E-state index < -0.39 is 0 Å². The molecule has 4 aromatic rings. The number of nitrogens with zero attached hydrogens (tertiary/aromatic N) is 2. The third-order valence-corrected chi connectivity index (χ3v) is 6.60. The van der Waals surface area contributed by atoms with Gasteiger partial charge in [0, 0.05) is 34.1 Å². The Morgan fingerprint density at radius 3 is 1.62 bits per heavy atom. The Morgan fingerprint density at radius 2 is 1.12 bits per heavy atom. The lowest BCUT2D eigenvalue weighted by atomic mass is 10.0. The summed E-state index contributed by atoms with van der Waals surface area (Å²) in [4.78, 5) is 4.51. The molecule has 0 unspecified atom stereocenters. The predicted molar refractivity (Wildman–Crippen MR) is 175 cm³/mol. The Hall–Kier alpha value is -4.82. The van der Waals surface area contributed by atoms with E-state index in [0.29, 0.717) is 0 Å². The average molecular weight is 523 g/mol. The summed E-state index contributed by atoms with van der Waals surface area (Å²) in [5, 5.41) is 0. The topological polar surface area (TPSA) is 6.48 Å². The summed E-state index contributed by atoms with van der Waals surface area (Å²) in [6.45, 7) is 11.9. The van der Waals surface area contributed by atoms with Crippen LogP contribution < -0.4 is 9.80 Å². The van der Waals surface area contributed by atoms with Crippen molar-refractivity contribution in [1.82, 2.24) is 0 Å². The van der Waals surface area contributed by atoms with Crippen LogP contribution in [0.4, 0.5) is 22.7 Å². The van der Waals surface area contributed by atoms with Crippen molar-refractivity contribution in [3.63, 3.8) is 0 Å². The van der Waals surface area contributed by atoms with E-state index in [0.717, 1.165) is 41.3 Å². The molecule has 0 radical (unpaired) electrons. The Morgan fingerprint density at radius 1 is 0.625 bits per heavy atom. The lowest BCUT2D eigenvalue weighted by Crippen LogP contribution is -2.16. The van der Waals surface area contributed by atoms with Gasteiger partial charge in [-0.25, -0.2) is 0 Å². The van der Waals surface area contributed by atoms with Crippen LogP contribution in [-0.4, -0.2) is 0 Å². The molecule has 0 N–H and O–H groups in total. The van der Waals surface area contributed by atoms with Gasteiger partial charge >= 0.3 is 0 Å². The Bertz CT molecular complexity index is 1460. The lowest BCUT2D eigenvalue weighted by molar-refractivity contribution is 0.997. The predicted octanol–water partition coefficient (Wildman–Crippen LogP) is 11.1. The van der Waals surface area contributed by atoms with Crippen LogP contribution in [0.25, 0.3) is 11.1 Å². The van der Waals surface area contributed by atoms with Crippen LogP contribution in [0.15, 0.2) is 170 Å². The largest absolute Gasteiger partial charge is 0.311 e. The van der Waals surface area contributed by atoms with Gasteiger partial charge in [0.25, 0.3) is 0 Å². The molecule has 0 aromatic heterocycles. The van der Waals surface area contributed by atoms with Crippen molar-refractivity contribution in [2.24, 2.45) is 0 Å². The summed E-state index contributed by atoms with van der Waals surface area (Å²) in [6, 6.07) is 38.4. The summed E-state index contributed by atoms with van der Waals surface area (Å²) < 4.78 is 0. The number of anilines is 4. The number of allylic oxidation sites excluding steroid dienone is 6. The highest BCUT2D eigenvalue weighted by Crippen LogP contribution is 2.35. The molecule has 0 heterocycles. The number of para-hydroxylation sites is 2. The molecule has 40 heavy (non-hydrogen) atoms. The van der Waals surface area contributed by atoms with Gasteiger partial charge in [-0.3, -0.25) is 0 Å². The number of rotatable bonds is 9. The fraction of sp³-hybridized carbons (Fsp3) is 0.105. The first kappa shape index (κ1) is 28.2. The Labute approximate surface area is 240 Å². The second kappa shape index (κ2) is 14.4. The normalized spacial score (nSPS) is 12.4. The highest BCUT2D eigenvalue weighted by molar-refractivity contribution is 5.76. The third-order valence-electron chi connectivity index (χ3n) is 6.60. The maximum absolute atomic E-state index is 4.02. The molecule has 1 aliphatic carbocycles. The van der Waals surface area contributed by atoms with Crippen molar-refractivity contribution in [2.75, 3.05) is 9.80 Å². The quantitative estimate of drug-likeness (QED) is 0.202. The van der Waals surface area contributed by atoms with Gasteiger partial charge in [-0.2, -0.15) is 0 Å². The van der Waals surface area contributed by atoms with E-state index in [1.807, 2.05) is 44.2 Å². The molecule has 2 heteroatoms. The Balaban J connectivity index is 0.00000181. The van der Waals surface area contributed by atoms with Crippen molar-refractivity contribution in [3.8, 4) is 11.1 Å². The number of benzene rings is 4. The zero-order valence-corrected chi connectivity index (χ0v) is 23.6. The van der Waals surface area contributed by atoms with E-state index in [9.17, 15) is 0 Å². The van der Waals surface area contributed by atoms with Crippen molar-refractivity contribution < 1.29 is 0 Å². The van der Waals surface area contributed by atoms with Crippen LogP contribution in [0, 0.1) is 0 Å². The van der Waals surface area contributed by atoms with Crippen LogP contribution in [-0.2, 0) is 0 Å². The molecule has 0 aliphatic heterocycles. The highest BCUT2D eigenvalue weighted by atomic mass is 15.2. The van der Waals surface area contributed by atoms with Crippen LogP contribution in [0.2, 0.25) is 0 Å². The van der Waals surface area contributed by atoms with Gasteiger partial charge in [0.15, 0.2) is 0 Å². The molecule has 4 aromatic carbocycles. The van der Waals surface area contributed by atoms with Crippen LogP contribution >= 0.6 is 0 Å². The second-order valence-corrected chi connectivity index (χ2v) is 9.08. The van der Waals surface area contributed by atoms with Crippen LogP contribution in [0.3, 0.4) is 0 Å². The fourth-order valence-corrected chi connectivity index (χ4v) is 4.77. The molecule has 200 valence electrons. The molecule has 1 aliphatic rings. The smallest absolute Gasteiger partial charge is 0.0462 e. The maximum atomic E-state index is 4.02. The van der Waals surface area contributed by atoms with Crippen LogP contribution in [0.1, 0.15) is 26.7 Å². The zero-order valence-electron chi connectivity index (χ0n) is 23.6. The van der Waals surface area contributed by atoms with Crippen LogP contribution in [0.5, 0.6) is 0 Å². The summed E-state index contributed by atoms with van der Waals surface area (Å²) in [5.41, 5.74) is 8.98. The van der Waals surface area contributed by atoms with E-state index in [1.165, 1.54) is 16.8 Å². The molecule has 0 bridgehead atoms. The minimum absolute atomic E-state index is 0.968. The first-order valence-corrected chi connectivity index (χ1v) is 14.0. The molecular weight excluding hydrogens is 484 g/mol. The average Bonchev–Trinajstić information content (AvgIpc) is 3.04. The Kier molecular flexibility index (Phi) is 10.1. The van der Waals surface area contributed by atoms with Gasteiger partial charge < -0.3 is 9.80 Å². The summed E-state index contributed by atoms with van der Waals surface area (Å²) in [5.74, 6) is 0. The van der Waals surface area contributed by atoms with Crippen molar-refractivity contribution in [3.05, 3.63) is 170 Å². The van der Waals surface area contributed by atoms with Gasteiger partial charge in [0.05, 0.1) is 0 Å².